The van der Waals surface area contributed by atoms with Crippen molar-refractivity contribution in [2.24, 2.45) is 0 Å². The monoisotopic (exact) mass is 266 g/mol. The lowest BCUT2D eigenvalue weighted by atomic mass is 10.2. The van der Waals surface area contributed by atoms with E-state index >= 15 is 0 Å². The molecule has 106 valence electrons. The van der Waals surface area contributed by atoms with Gasteiger partial charge in [-0.15, -0.1) is 0 Å². The zero-order valence-electron chi connectivity index (χ0n) is 11.5. The zero-order chi connectivity index (χ0) is 14.1. The van der Waals surface area contributed by atoms with E-state index in [0.717, 1.165) is 5.56 Å². The Morgan fingerprint density at radius 1 is 1.37 bits per heavy atom. The molecule has 0 radical (unpaired) electrons. The van der Waals surface area contributed by atoms with Gasteiger partial charge in [0.1, 0.15) is 5.75 Å². The average Bonchev–Trinajstić information content (AvgIpc) is 2.44. The van der Waals surface area contributed by atoms with E-state index in [4.69, 9.17) is 9.84 Å². The molecule has 19 heavy (non-hydrogen) atoms. The molecule has 1 aromatic carbocycles. The molecule has 0 fully saturated rings. The van der Waals surface area contributed by atoms with Gasteiger partial charge in [-0.2, -0.15) is 0 Å². The van der Waals surface area contributed by atoms with Crippen LogP contribution in [0.3, 0.4) is 0 Å². The predicted octanol–water partition coefficient (Wildman–Crippen LogP) is 0.672. The summed E-state index contributed by atoms with van der Waals surface area (Å²) in [7, 11) is 0. The molecule has 1 amide bonds. The minimum atomic E-state index is -0.120. The third-order valence-corrected chi connectivity index (χ3v) is 2.60. The Morgan fingerprint density at radius 3 is 2.63 bits per heavy atom. The molecule has 0 bridgehead atoms. The van der Waals surface area contributed by atoms with E-state index in [2.05, 4.69) is 10.6 Å². The molecule has 0 heterocycles. The summed E-state index contributed by atoms with van der Waals surface area (Å²) >= 11 is 0. The van der Waals surface area contributed by atoms with Crippen LogP contribution in [0.4, 0.5) is 0 Å². The number of hydrogen-bond acceptors (Lipinski definition) is 4. The fraction of sp³-hybridized carbons (Fsp3) is 0.500. The van der Waals surface area contributed by atoms with Crippen LogP contribution in [-0.4, -0.2) is 36.8 Å². The molecular formula is C14H22N2O3. The number of benzene rings is 1. The quantitative estimate of drug-likeness (QED) is 0.647. The highest BCUT2D eigenvalue weighted by Gasteiger charge is 2.02. The van der Waals surface area contributed by atoms with E-state index in [-0.39, 0.29) is 25.2 Å². The molecule has 1 aromatic rings. The number of amides is 1. The second-order valence-corrected chi connectivity index (χ2v) is 4.35. The van der Waals surface area contributed by atoms with Crippen LogP contribution in [0.15, 0.2) is 24.3 Å². The van der Waals surface area contributed by atoms with Crippen LogP contribution < -0.4 is 15.4 Å². The molecule has 0 saturated carbocycles. The van der Waals surface area contributed by atoms with Gasteiger partial charge in [0.15, 0.2) is 6.61 Å². The molecule has 5 heteroatoms. The first-order chi connectivity index (χ1) is 9.15. The summed E-state index contributed by atoms with van der Waals surface area (Å²) in [4.78, 5) is 11.2. The Morgan fingerprint density at radius 2 is 2.05 bits per heavy atom. The van der Waals surface area contributed by atoms with Crippen LogP contribution in [0, 0.1) is 0 Å². The van der Waals surface area contributed by atoms with Crippen LogP contribution >= 0.6 is 0 Å². The number of ether oxygens (including phenoxy) is 1. The standard InChI is InChI=1S/C14H22N2O3/c1-3-15-14(18)10-19-13-6-4-12(5-7-13)8-16-11(2)9-17/h4-7,11,16-17H,3,8-10H2,1-2H3,(H,15,18)/t11-/m1/s1. The topological polar surface area (TPSA) is 70.6 Å². The molecule has 0 aliphatic heterocycles. The van der Waals surface area contributed by atoms with Gasteiger partial charge in [0.2, 0.25) is 0 Å². The minimum Gasteiger partial charge on any atom is -0.484 e. The lowest BCUT2D eigenvalue weighted by Gasteiger charge is -2.11. The van der Waals surface area contributed by atoms with E-state index < -0.39 is 0 Å². The summed E-state index contributed by atoms with van der Waals surface area (Å²) in [6, 6.07) is 7.61. The molecule has 0 unspecified atom stereocenters. The highest BCUT2D eigenvalue weighted by atomic mass is 16.5. The van der Waals surface area contributed by atoms with Crippen molar-refractivity contribution in [2.75, 3.05) is 19.8 Å². The number of nitrogens with one attached hydrogen (secondary N) is 2. The van der Waals surface area contributed by atoms with Crippen LogP contribution in [0.1, 0.15) is 19.4 Å². The molecular weight excluding hydrogens is 244 g/mol. The summed E-state index contributed by atoms with van der Waals surface area (Å²) in [5.74, 6) is 0.551. The first-order valence-corrected chi connectivity index (χ1v) is 6.48. The van der Waals surface area contributed by atoms with Crippen molar-refractivity contribution >= 4 is 5.91 Å². The average molecular weight is 266 g/mol. The predicted molar refractivity (Wildman–Crippen MR) is 74.0 cm³/mol. The third-order valence-electron chi connectivity index (χ3n) is 2.60. The molecule has 0 spiro atoms. The Balaban J connectivity index is 2.37. The summed E-state index contributed by atoms with van der Waals surface area (Å²) in [5.41, 5.74) is 1.10. The van der Waals surface area contributed by atoms with Gasteiger partial charge in [-0.3, -0.25) is 4.79 Å². The van der Waals surface area contributed by atoms with Crippen molar-refractivity contribution in [1.82, 2.24) is 10.6 Å². The van der Waals surface area contributed by atoms with E-state index in [1.165, 1.54) is 0 Å². The maximum atomic E-state index is 11.2. The summed E-state index contributed by atoms with van der Waals surface area (Å²) < 4.78 is 5.35. The summed E-state index contributed by atoms with van der Waals surface area (Å²) in [6.45, 7) is 5.24. The molecule has 0 aromatic heterocycles. The van der Waals surface area contributed by atoms with Crippen LogP contribution in [0.5, 0.6) is 5.75 Å². The van der Waals surface area contributed by atoms with E-state index in [0.29, 0.717) is 18.8 Å². The van der Waals surface area contributed by atoms with Gasteiger partial charge in [0.05, 0.1) is 6.61 Å². The van der Waals surface area contributed by atoms with Crippen molar-refractivity contribution in [3.8, 4) is 5.75 Å². The Kier molecular flexibility index (Phi) is 6.92. The molecule has 0 aliphatic rings. The number of rotatable bonds is 8. The Labute approximate surface area is 114 Å². The zero-order valence-corrected chi connectivity index (χ0v) is 11.5. The van der Waals surface area contributed by atoms with Gasteiger partial charge >= 0.3 is 0 Å². The highest BCUT2D eigenvalue weighted by molar-refractivity contribution is 5.77. The lowest BCUT2D eigenvalue weighted by Crippen LogP contribution is -2.28. The fourth-order valence-corrected chi connectivity index (χ4v) is 1.46. The van der Waals surface area contributed by atoms with Crippen molar-refractivity contribution in [3.63, 3.8) is 0 Å². The lowest BCUT2D eigenvalue weighted by molar-refractivity contribution is -0.122. The summed E-state index contributed by atoms with van der Waals surface area (Å²) in [6.07, 6.45) is 0. The van der Waals surface area contributed by atoms with Gasteiger partial charge in [-0.05, 0) is 31.5 Å². The number of carbonyl (C=O) groups excluding carboxylic acids is 1. The largest absolute Gasteiger partial charge is 0.484 e. The summed E-state index contributed by atoms with van der Waals surface area (Å²) in [5, 5.41) is 14.8. The molecule has 0 saturated heterocycles. The third kappa shape index (κ3) is 6.22. The van der Waals surface area contributed by atoms with Crippen molar-refractivity contribution in [1.29, 1.82) is 0 Å². The molecule has 5 nitrogen and oxygen atoms in total. The Bertz CT molecular complexity index is 379. The van der Waals surface area contributed by atoms with Crippen LogP contribution in [0.25, 0.3) is 0 Å². The molecule has 3 N–H and O–H groups in total. The number of aliphatic hydroxyl groups is 1. The van der Waals surface area contributed by atoms with Gasteiger partial charge in [0, 0.05) is 19.1 Å². The van der Waals surface area contributed by atoms with Crippen LogP contribution in [0.2, 0.25) is 0 Å². The van der Waals surface area contributed by atoms with Gasteiger partial charge < -0.3 is 20.5 Å². The van der Waals surface area contributed by atoms with Crippen molar-refractivity contribution < 1.29 is 14.6 Å². The first-order valence-electron chi connectivity index (χ1n) is 6.48. The minimum absolute atomic E-state index is 0.0347. The highest BCUT2D eigenvalue weighted by Crippen LogP contribution is 2.12. The Hall–Kier alpha value is -1.59. The number of likely N-dealkylation sites (N-methyl/N-ethyl adjacent to an activating group) is 1. The molecule has 1 rings (SSSR count). The van der Waals surface area contributed by atoms with E-state index in [1.54, 1.807) is 0 Å². The first kappa shape index (κ1) is 15.5. The van der Waals surface area contributed by atoms with Crippen molar-refractivity contribution in [2.45, 2.75) is 26.4 Å². The van der Waals surface area contributed by atoms with E-state index in [9.17, 15) is 4.79 Å². The van der Waals surface area contributed by atoms with Gasteiger partial charge in [0.25, 0.3) is 5.91 Å². The second kappa shape index (κ2) is 8.50. The smallest absolute Gasteiger partial charge is 0.257 e. The number of aliphatic hydroxyl groups excluding tert-OH is 1. The molecule has 0 aliphatic carbocycles. The van der Waals surface area contributed by atoms with Crippen molar-refractivity contribution in [3.05, 3.63) is 29.8 Å². The number of hydrogen-bond donors (Lipinski definition) is 3. The van der Waals surface area contributed by atoms with Crippen LogP contribution in [-0.2, 0) is 11.3 Å². The SMILES string of the molecule is CCNC(=O)COc1ccc(CN[C@H](C)CO)cc1. The van der Waals surface area contributed by atoms with E-state index in [1.807, 2.05) is 38.1 Å². The number of carbonyl (C=O) groups is 1. The molecule has 1 atom stereocenters. The maximum absolute atomic E-state index is 11.2. The normalized spacial score (nSPS) is 11.9. The fourth-order valence-electron chi connectivity index (χ4n) is 1.46. The van der Waals surface area contributed by atoms with Gasteiger partial charge in [-0.1, -0.05) is 12.1 Å². The van der Waals surface area contributed by atoms with Gasteiger partial charge in [-0.25, -0.2) is 0 Å². The maximum Gasteiger partial charge on any atom is 0.257 e. The second-order valence-electron chi connectivity index (χ2n) is 4.35.